The molecule has 0 N–H and O–H groups in total. The first-order chi connectivity index (χ1) is 29.8. The standard InChI is InChI=1S/C55H33N5/c56-34-35-32-44-41-23-11-14-26-47(41)59(38-20-8-3-9-21-38)55(44)52-43-24-12-15-27-48(43)60(53(35)52)39-28-30-49-45(33-39)51-50(57(49)36-16-4-1-5-17-36)31-29-42-40-22-10-13-25-46(40)58(54(42)51)37-18-6-2-7-19-37/h1-33H. The number of nitrogens with zero attached hydrogens (tertiary/aromatic N) is 5. The maximum atomic E-state index is 11.1. The van der Waals surface area contributed by atoms with Crippen LogP contribution in [0.5, 0.6) is 0 Å². The van der Waals surface area contributed by atoms with E-state index in [1.165, 1.54) is 27.2 Å². The molecule has 0 atom stereocenters. The molecule has 0 saturated carbocycles. The lowest BCUT2D eigenvalue weighted by Gasteiger charge is -2.12. The van der Waals surface area contributed by atoms with Gasteiger partial charge in [0.25, 0.3) is 0 Å². The van der Waals surface area contributed by atoms with Crippen LogP contribution in [-0.2, 0) is 0 Å². The van der Waals surface area contributed by atoms with Gasteiger partial charge in [-0.15, -0.1) is 0 Å². The van der Waals surface area contributed by atoms with E-state index in [4.69, 9.17) is 0 Å². The minimum absolute atomic E-state index is 0.642. The van der Waals surface area contributed by atoms with Crippen molar-refractivity contribution >= 4 is 87.2 Å². The quantitative estimate of drug-likeness (QED) is 0.176. The van der Waals surface area contributed by atoms with Crippen molar-refractivity contribution in [3.05, 3.63) is 206 Å². The van der Waals surface area contributed by atoms with Gasteiger partial charge in [0.15, 0.2) is 0 Å². The highest BCUT2D eigenvalue weighted by Crippen LogP contribution is 2.46. The van der Waals surface area contributed by atoms with Gasteiger partial charge in [0.2, 0.25) is 0 Å². The van der Waals surface area contributed by atoms with E-state index in [2.05, 4.69) is 225 Å². The minimum atomic E-state index is 0.642. The molecule has 0 aliphatic rings. The van der Waals surface area contributed by atoms with E-state index in [-0.39, 0.29) is 0 Å². The van der Waals surface area contributed by atoms with Gasteiger partial charge in [-0.3, -0.25) is 0 Å². The largest absolute Gasteiger partial charge is 0.309 e. The smallest absolute Gasteiger partial charge is 0.101 e. The Morgan fingerprint density at radius 3 is 1.33 bits per heavy atom. The molecular formula is C55H33N5. The SMILES string of the molecule is N#Cc1cc2c3ccccc3n(-c3ccccc3)c2c2c3ccccc3n(-c3ccc4c(c3)c3c(ccc5c6ccccc6n(-c6ccccc6)c53)n4-c3ccccc3)c12. The number of benzene rings is 9. The third-order valence-corrected chi connectivity index (χ3v) is 12.5. The Balaban J connectivity index is 1.22. The highest BCUT2D eigenvalue weighted by molar-refractivity contribution is 6.29. The topological polar surface area (TPSA) is 43.5 Å². The van der Waals surface area contributed by atoms with Gasteiger partial charge in [0, 0.05) is 65.8 Å². The van der Waals surface area contributed by atoms with E-state index in [0.717, 1.165) is 82.8 Å². The Morgan fingerprint density at radius 2 is 0.733 bits per heavy atom. The van der Waals surface area contributed by atoms with E-state index in [1.807, 2.05) is 0 Å². The maximum absolute atomic E-state index is 11.1. The third-order valence-electron chi connectivity index (χ3n) is 12.5. The molecule has 0 unspecified atom stereocenters. The van der Waals surface area contributed by atoms with Gasteiger partial charge in [-0.2, -0.15) is 5.26 Å². The van der Waals surface area contributed by atoms with Crippen LogP contribution in [0.15, 0.2) is 200 Å². The maximum Gasteiger partial charge on any atom is 0.101 e. The molecule has 4 heterocycles. The van der Waals surface area contributed by atoms with Crippen LogP contribution in [0.25, 0.3) is 110 Å². The van der Waals surface area contributed by atoms with E-state index < -0.39 is 0 Å². The summed E-state index contributed by atoms with van der Waals surface area (Å²) in [6.45, 7) is 0. The lowest BCUT2D eigenvalue weighted by atomic mass is 10.0. The van der Waals surface area contributed by atoms with Gasteiger partial charge in [-0.25, -0.2) is 0 Å². The van der Waals surface area contributed by atoms with Crippen LogP contribution >= 0.6 is 0 Å². The number of rotatable bonds is 4. The first kappa shape index (κ1) is 32.7. The van der Waals surface area contributed by atoms with Crippen molar-refractivity contribution < 1.29 is 0 Å². The number of para-hydroxylation sites is 6. The van der Waals surface area contributed by atoms with Gasteiger partial charge >= 0.3 is 0 Å². The van der Waals surface area contributed by atoms with Crippen molar-refractivity contribution in [1.82, 2.24) is 18.3 Å². The van der Waals surface area contributed by atoms with Crippen LogP contribution in [0.2, 0.25) is 0 Å². The molecule has 60 heavy (non-hydrogen) atoms. The fourth-order valence-corrected chi connectivity index (χ4v) is 10.2. The fraction of sp³-hybridized carbons (Fsp3) is 0. The molecule has 0 saturated heterocycles. The van der Waals surface area contributed by atoms with Crippen LogP contribution in [-0.4, -0.2) is 18.3 Å². The van der Waals surface area contributed by atoms with Gasteiger partial charge in [0.05, 0.1) is 49.7 Å². The summed E-state index contributed by atoms with van der Waals surface area (Å²) in [4.78, 5) is 0. The molecule has 278 valence electrons. The van der Waals surface area contributed by atoms with Crippen molar-refractivity contribution in [3.63, 3.8) is 0 Å². The van der Waals surface area contributed by atoms with E-state index >= 15 is 0 Å². The molecule has 5 heteroatoms. The van der Waals surface area contributed by atoms with Crippen LogP contribution in [0.4, 0.5) is 0 Å². The molecule has 13 rings (SSSR count). The second-order valence-corrected chi connectivity index (χ2v) is 15.6. The van der Waals surface area contributed by atoms with E-state index in [9.17, 15) is 5.26 Å². The molecule has 4 aromatic heterocycles. The Morgan fingerprint density at radius 1 is 0.283 bits per heavy atom. The van der Waals surface area contributed by atoms with Crippen LogP contribution in [0.1, 0.15) is 5.56 Å². The van der Waals surface area contributed by atoms with Gasteiger partial charge in [-0.1, -0.05) is 115 Å². The second-order valence-electron chi connectivity index (χ2n) is 15.6. The van der Waals surface area contributed by atoms with Crippen molar-refractivity contribution in [2.75, 3.05) is 0 Å². The highest BCUT2D eigenvalue weighted by atomic mass is 15.0. The molecule has 5 nitrogen and oxygen atoms in total. The molecule has 0 spiro atoms. The summed E-state index contributed by atoms with van der Waals surface area (Å²) in [5, 5.41) is 20.2. The van der Waals surface area contributed by atoms with Crippen LogP contribution in [0.3, 0.4) is 0 Å². The first-order valence-corrected chi connectivity index (χ1v) is 20.3. The minimum Gasteiger partial charge on any atom is -0.309 e. The fourth-order valence-electron chi connectivity index (χ4n) is 10.2. The molecular weight excluding hydrogens is 731 g/mol. The summed E-state index contributed by atoms with van der Waals surface area (Å²) >= 11 is 0. The molecule has 9 aromatic carbocycles. The summed E-state index contributed by atoms with van der Waals surface area (Å²) in [5.41, 5.74) is 13.7. The number of aromatic nitrogens is 4. The zero-order valence-corrected chi connectivity index (χ0v) is 32.3. The zero-order chi connectivity index (χ0) is 39.5. The number of hydrogen-bond acceptors (Lipinski definition) is 1. The first-order valence-electron chi connectivity index (χ1n) is 20.3. The Kier molecular flexibility index (Phi) is 6.73. The highest BCUT2D eigenvalue weighted by Gasteiger charge is 2.25. The number of nitriles is 1. The Labute approximate surface area is 344 Å². The van der Waals surface area contributed by atoms with Crippen molar-refractivity contribution in [3.8, 4) is 28.8 Å². The molecule has 0 radical (unpaired) electrons. The Hall–Kier alpha value is -8.33. The zero-order valence-electron chi connectivity index (χ0n) is 32.3. The van der Waals surface area contributed by atoms with Crippen LogP contribution in [0, 0.1) is 11.3 Å². The Bertz CT molecular complexity index is 3930. The molecule has 0 bridgehead atoms. The average Bonchev–Trinajstić information content (AvgIpc) is 4.04. The molecule has 13 aromatic rings. The second kappa shape index (κ2) is 12.3. The predicted octanol–water partition coefficient (Wildman–Crippen LogP) is 13.9. The van der Waals surface area contributed by atoms with Crippen LogP contribution < -0.4 is 0 Å². The number of hydrogen-bond donors (Lipinski definition) is 0. The number of fused-ring (bicyclic) bond motifs is 14. The average molecular weight is 764 g/mol. The van der Waals surface area contributed by atoms with Gasteiger partial charge in [0.1, 0.15) is 6.07 Å². The van der Waals surface area contributed by atoms with Gasteiger partial charge in [-0.05, 0) is 84.9 Å². The molecule has 0 amide bonds. The van der Waals surface area contributed by atoms with Crippen molar-refractivity contribution in [2.45, 2.75) is 0 Å². The third kappa shape index (κ3) is 4.34. The van der Waals surface area contributed by atoms with E-state index in [1.54, 1.807) is 0 Å². The lowest BCUT2D eigenvalue weighted by Crippen LogP contribution is -1.98. The van der Waals surface area contributed by atoms with E-state index in [0.29, 0.717) is 5.56 Å². The summed E-state index contributed by atoms with van der Waals surface area (Å²) in [5.74, 6) is 0. The molecule has 0 aliphatic carbocycles. The lowest BCUT2D eigenvalue weighted by molar-refractivity contribution is 1.16. The summed E-state index contributed by atoms with van der Waals surface area (Å²) in [7, 11) is 0. The molecule has 0 fully saturated rings. The normalized spacial score (nSPS) is 12.0. The van der Waals surface area contributed by atoms with Crippen molar-refractivity contribution in [2.24, 2.45) is 0 Å². The predicted molar refractivity (Wildman–Crippen MR) is 249 cm³/mol. The monoisotopic (exact) mass is 763 g/mol. The summed E-state index contributed by atoms with van der Waals surface area (Å²) < 4.78 is 9.53. The summed E-state index contributed by atoms with van der Waals surface area (Å²) in [6.07, 6.45) is 0. The molecule has 0 aliphatic heterocycles. The van der Waals surface area contributed by atoms with Crippen molar-refractivity contribution in [1.29, 1.82) is 5.26 Å². The summed E-state index contributed by atoms with van der Waals surface area (Å²) in [6, 6.07) is 74.1. The van der Waals surface area contributed by atoms with Gasteiger partial charge < -0.3 is 18.3 Å².